The van der Waals surface area contributed by atoms with E-state index >= 15 is 0 Å². The highest BCUT2D eigenvalue weighted by molar-refractivity contribution is 5.68. The molecule has 3 nitrogen and oxygen atoms in total. The molecule has 0 aliphatic heterocycles. The van der Waals surface area contributed by atoms with Gasteiger partial charge >= 0.3 is 0 Å². The van der Waals surface area contributed by atoms with Crippen LogP contribution in [0.15, 0.2) is 48.8 Å². The molecule has 0 aliphatic carbocycles. The van der Waals surface area contributed by atoms with E-state index in [1.807, 2.05) is 6.07 Å². The van der Waals surface area contributed by atoms with Crippen LogP contribution in [0.25, 0.3) is 16.9 Å². The molecule has 17 heavy (non-hydrogen) atoms. The Balaban J connectivity index is 2.22. The largest absolute Gasteiger partial charge is 0.507 e. The summed E-state index contributed by atoms with van der Waals surface area (Å²) in [7, 11) is 0. The Morgan fingerprint density at radius 3 is 2.71 bits per heavy atom. The van der Waals surface area contributed by atoms with Crippen molar-refractivity contribution in [2.24, 2.45) is 0 Å². The van der Waals surface area contributed by atoms with E-state index in [0.29, 0.717) is 16.9 Å². The van der Waals surface area contributed by atoms with Gasteiger partial charge in [-0.2, -0.15) is 0 Å². The summed E-state index contributed by atoms with van der Waals surface area (Å²) in [6.45, 7) is 0. The Morgan fingerprint density at radius 1 is 1.06 bits per heavy atom. The SMILES string of the molecule is Oc1ccccc1-c1cn2cc(F)ccc2n1. The second kappa shape index (κ2) is 3.59. The molecule has 1 N–H and O–H groups in total. The van der Waals surface area contributed by atoms with E-state index in [0.717, 1.165) is 0 Å². The Labute approximate surface area is 96.8 Å². The summed E-state index contributed by atoms with van der Waals surface area (Å²) in [5.41, 5.74) is 1.90. The van der Waals surface area contributed by atoms with Gasteiger partial charge in [-0.25, -0.2) is 9.37 Å². The van der Waals surface area contributed by atoms with E-state index in [2.05, 4.69) is 4.98 Å². The smallest absolute Gasteiger partial charge is 0.139 e. The van der Waals surface area contributed by atoms with Gasteiger partial charge in [-0.3, -0.25) is 0 Å². The van der Waals surface area contributed by atoms with E-state index in [9.17, 15) is 9.50 Å². The molecule has 0 aliphatic rings. The van der Waals surface area contributed by atoms with E-state index in [1.165, 1.54) is 12.3 Å². The zero-order valence-electron chi connectivity index (χ0n) is 8.84. The minimum Gasteiger partial charge on any atom is -0.507 e. The van der Waals surface area contributed by atoms with Gasteiger partial charge in [0.15, 0.2) is 0 Å². The summed E-state index contributed by atoms with van der Waals surface area (Å²) in [5, 5.41) is 9.72. The maximum atomic E-state index is 13.0. The van der Waals surface area contributed by atoms with Crippen LogP contribution in [0.5, 0.6) is 5.75 Å². The Kier molecular flexibility index (Phi) is 2.08. The standard InChI is InChI=1S/C13H9FN2O/c14-9-5-6-13-15-11(8-16(13)7-9)10-3-1-2-4-12(10)17/h1-8,17H. The van der Waals surface area contributed by atoms with Gasteiger partial charge in [-0.1, -0.05) is 12.1 Å². The van der Waals surface area contributed by atoms with Crippen LogP contribution >= 0.6 is 0 Å². The van der Waals surface area contributed by atoms with E-state index in [1.54, 1.807) is 34.9 Å². The van der Waals surface area contributed by atoms with Gasteiger partial charge in [0.1, 0.15) is 17.2 Å². The maximum Gasteiger partial charge on any atom is 0.139 e. The number of aromatic hydroxyl groups is 1. The summed E-state index contributed by atoms with van der Waals surface area (Å²) in [5.74, 6) is -0.157. The number of phenolic OH excluding ortho intramolecular Hbond substituents is 1. The number of fused-ring (bicyclic) bond motifs is 1. The van der Waals surface area contributed by atoms with Crippen LogP contribution in [-0.2, 0) is 0 Å². The first-order valence-electron chi connectivity index (χ1n) is 5.17. The maximum absolute atomic E-state index is 13.0. The highest BCUT2D eigenvalue weighted by Crippen LogP contribution is 2.27. The topological polar surface area (TPSA) is 37.5 Å². The fourth-order valence-corrected chi connectivity index (χ4v) is 1.78. The van der Waals surface area contributed by atoms with Crippen molar-refractivity contribution >= 4 is 5.65 Å². The number of nitrogens with zero attached hydrogens (tertiary/aromatic N) is 2. The molecule has 0 fully saturated rings. The molecule has 0 spiro atoms. The lowest BCUT2D eigenvalue weighted by molar-refractivity contribution is 0.477. The lowest BCUT2D eigenvalue weighted by atomic mass is 10.1. The van der Waals surface area contributed by atoms with Crippen molar-refractivity contribution in [2.45, 2.75) is 0 Å². The van der Waals surface area contributed by atoms with Crippen molar-refractivity contribution < 1.29 is 9.50 Å². The number of benzene rings is 1. The molecule has 3 rings (SSSR count). The van der Waals surface area contributed by atoms with Crippen LogP contribution in [0.1, 0.15) is 0 Å². The van der Waals surface area contributed by atoms with E-state index in [4.69, 9.17) is 0 Å². The number of halogens is 1. The van der Waals surface area contributed by atoms with E-state index < -0.39 is 0 Å². The zero-order valence-corrected chi connectivity index (χ0v) is 8.84. The third-order valence-corrected chi connectivity index (χ3v) is 2.59. The van der Waals surface area contributed by atoms with Gasteiger partial charge in [0.2, 0.25) is 0 Å². The molecule has 2 aromatic heterocycles. The third-order valence-electron chi connectivity index (χ3n) is 2.59. The van der Waals surface area contributed by atoms with Crippen molar-refractivity contribution in [3.63, 3.8) is 0 Å². The molecule has 0 radical (unpaired) electrons. The molecular formula is C13H9FN2O. The van der Waals surface area contributed by atoms with Gasteiger partial charge in [-0.05, 0) is 24.3 Å². The first-order valence-corrected chi connectivity index (χ1v) is 5.17. The molecule has 0 saturated heterocycles. The summed E-state index contributed by atoms with van der Waals surface area (Å²) >= 11 is 0. The van der Waals surface area contributed by atoms with Crippen LogP contribution in [0.3, 0.4) is 0 Å². The number of phenols is 1. The molecule has 4 heteroatoms. The third kappa shape index (κ3) is 1.63. The van der Waals surface area contributed by atoms with E-state index in [-0.39, 0.29) is 11.6 Å². The zero-order chi connectivity index (χ0) is 11.8. The molecule has 0 bridgehead atoms. The molecule has 3 aromatic rings. The minimum atomic E-state index is -0.321. The average molecular weight is 228 g/mol. The number of aromatic nitrogens is 2. The Bertz CT molecular complexity index is 691. The molecular weight excluding hydrogens is 219 g/mol. The molecule has 0 amide bonds. The van der Waals surface area contributed by atoms with Crippen LogP contribution in [-0.4, -0.2) is 14.5 Å². The molecule has 1 aromatic carbocycles. The quantitative estimate of drug-likeness (QED) is 0.695. The normalized spacial score (nSPS) is 10.9. The molecule has 84 valence electrons. The van der Waals surface area contributed by atoms with Crippen molar-refractivity contribution in [2.75, 3.05) is 0 Å². The average Bonchev–Trinajstić information content (AvgIpc) is 2.72. The summed E-state index contributed by atoms with van der Waals surface area (Å²) in [6, 6.07) is 9.89. The Hall–Kier alpha value is -2.36. The highest BCUT2D eigenvalue weighted by atomic mass is 19.1. The van der Waals surface area contributed by atoms with Crippen molar-refractivity contribution in [1.29, 1.82) is 0 Å². The lowest BCUT2D eigenvalue weighted by Crippen LogP contribution is -1.83. The van der Waals surface area contributed by atoms with Crippen LogP contribution in [0.2, 0.25) is 0 Å². The van der Waals surface area contributed by atoms with Gasteiger partial charge in [0.05, 0.1) is 5.69 Å². The van der Waals surface area contributed by atoms with Crippen LogP contribution < -0.4 is 0 Å². The first-order chi connectivity index (χ1) is 8.24. The minimum absolute atomic E-state index is 0.163. The summed E-state index contributed by atoms with van der Waals surface area (Å²) in [4.78, 5) is 4.32. The number of pyridine rings is 1. The number of para-hydroxylation sites is 1. The number of rotatable bonds is 1. The number of imidazole rings is 1. The highest BCUT2D eigenvalue weighted by Gasteiger charge is 2.08. The molecule has 0 saturated carbocycles. The molecule has 2 heterocycles. The van der Waals surface area contributed by atoms with Gasteiger partial charge in [0.25, 0.3) is 0 Å². The predicted octanol–water partition coefficient (Wildman–Crippen LogP) is 2.85. The Morgan fingerprint density at radius 2 is 1.88 bits per heavy atom. The van der Waals surface area contributed by atoms with Gasteiger partial charge < -0.3 is 9.51 Å². The molecule has 0 atom stereocenters. The summed E-state index contributed by atoms with van der Waals surface area (Å²) in [6.07, 6.45) is 3.04. The van der Waals surface area contributed by atoms with Crippen molar-refractivity contribution in [1.82, 2.24) is 9.38 Å². The fourth-order valence-electron chi connectivity index (χ4n) is 1.78. The van der Waals surface area contributed by atoms with Crippen molar-refractivity contribution in [3.05, 3.63) is 54.6 Å². The molecule has 0 unspecified atom stereocenters. The van der Waals surface area contributed by atoms with Crippen LogP contribution in [0.4, 0.5) is 4.39 Å². The number of hydrogen-bond acceptors (Lipinski definition) is 2. The van der Waals surface area contributed by atoms with Crippen molar-refractivity contribution in [3.8, 4) is 17.0 Å². The monoisotopic (exact) mass is 228 g/mol. The van der Waals surface area contributed by atoms with Gasteiger partial charge in [-0.15, -0.1) is 0 Å². The predicted molar refractivity (Wildman–Crippen MR) is 62.3 cm³/mol. The van der Waals surface area contributed by atoms with Crippen LogP contribution in [0, 0.1) is 5.82 Å². The summed E-state index contributed by atoms with van der Waals surface area (Å²) < 4.78 is 14.6. The second-order valence-electron chi connectivity index (χ2n) is 3.76. The fraction of sp³-hybridized carbons (Fsp3) is 0. The van der Waals surface area contributed by atoms with Gasteiger partial charge in [0, 0.05) is 18.0 Å². The second-order valence-corrected chi connectivity index (χ2v) is 3.76. The first kappa shape index (κ1) is 9.84. The number of hydrogen-bond donors (Lipinski definition) is 1. The lowest BCUT2D eigenvalue weighted by Gasteiger charge is -1.98.